The van der Waals surface area contributed by atoms with Crippen molar-refractivity contribution < 1.29 is 4.79 Å². The van der Waals surface area contributed by atoms with E-state index < -0.39 is 0 Å². The molecule has 0 fully saturated rings. The summed E-state index contributed by atoms with van der Waals surface area (Å²) in [6, 6.07) is 16.4. The van der Waals surface area contributed by atoms with Crippen molar-refractivity contribution in [2.75, 3.05) is 23.3 Å². The Morgan fingerprint density at radius 2 is 1.75 bits per heavy atom. The first-order valence-electron chi connectivity index (χ1n) is 8.27. The molecule has 0 bridgehead atoms. The third-order valence-corrected chi connectivity index (χ3v) is 4.79. The van der Waals surface area contributed by atoms with Crippen LogP contribution in [0.2, 0.25) is 0 Å². The zero-order chi connectivity index (χ0) is 15.6. The van der Waals surface area contributed by atoms with Crippen LogP contribution in [0.4, 0.5) is 11.4 Å². The van der Waals surface area contributed by atoms with Crippen LogP contribution in [0.25, 0.3) is 0 Å². The van der Waals surface area contributed by atoms with Crippen LogP contribution in [-0.4, -0.2) is 25.0 Å². The van der Waals surface area contributed by atoms with Crippen LogP contribution in [-0.2, 0) is 17.8 Å². The number of hydrogen-bond donors (Lipinski definition) is 2. The van der Waals surface area contributed by atoms with Crippen LogP contribution < -0.4 is 15.5 Å². The van der Waals surface area contributed by atoms with Crippen LogP contribution >= 0.6 is 12.4 Å². The largest absolute Gasteiger partial charge is 0.358 e. The van der Waals surface area contributed by atoms with Gasteiger partial charge in [0, 0.05) is 31.0 Å². The fourth-order valence-corrected chi connectivity index (χ4v) is 3.60. The highest BCUT2D eigenvalue weighted by atomic mass is 35.5. The highest BCUT2D eigenvalue weighted by Gasteiger charge is 2.30. The molecule has 0 aliphatic carbocycles. The number of benzene rings is 2. The van der Waals surface area contributed by atoms with Crippen molar-refractivity contribution in [2.45, 2.75) is 25.4 Å². The number of aryl methyl sites for hydroxylation is 1. The molecule has 4 nitrogen and oxygen atoms in total. The number of rotatable bonds is 1. The normalized spacial score (nSPS) is 19.9. The molecule has 2 heterocycles. The molecule has 2 aromatic carbocycles. The molecule has 0 saturated heterocycles. The summed E-state index contributed by atoms with van der Waals surface area (Å²) in [4.78, 5) is 15.1. The van der Waals surface area contributed by atoms with Crippen LogP contribution in [0, 0.1) is 0 Å². The minimum absolute atomic E-state index is 0. The van der Waals surface area contributed by atoms with Gasteiger partial charge in [0.05, 0.1) is 0 Å². The maximum absolute atomic E-state index is 12.8. The van der Waals surface area contributed by atoms with Gasteiger partial charge in [-0.25, -0.2) is 0 Å². The number of amides is 1. The molecule has 0 spiro atoms. The molecule has 1 atom stereocenters. The molecule has 0 saturated carbocycles. The zero-order valence-electron chi connectivity index (χ0n) is 13.5. The second-order valence-electron chi connectivity index (χ2n) is 6.20. The highest BCUT2D eigenvalue weighted by molar-refractivity contribution is 5.98. The molecule has 1 unspecified atom stereocenters. The number of hydrogen-bond acceptors (Lipinski definition) is 3. The summed E-state index contributed by atoms with van der Waals surface area (Å²) in [6.45, 7) is 2.61. The van der Waals surface area contributed by atoms with Gasteiger partial charge in [0.15, 0.2) is 0 Å². The quantitative estimate of drug-likeness (QED) is 0.836. The summed E-state index contributed by atoms with van der Waals surface area (Å²) in [5, 5.41) is 6.57. The molecule has 2 aliphatic rings. The van der Waals surface area contributed by atoms with Gasteiger partial charge in [0.1, 0.15) is 6.04 Å². The van der Waals surface area contributed by atoms with E-state index in [4.69, 9.17) is 0 Å². The molecular formula is C19H22ClN3O. The summed E-state index contributed by atoms with van der Waals surface area (Å²) >= 11 is 0. The molecule has 24 heavy (non-hydrogen) atoms. The van der Waals surface area contributed by atoms with Gasteiger partial charge in [0.2, 0.25) is 5.91 Å². The maximum atomic E-state index is 12.8. The van der Waals surface area contributed by atoms with Crippen molar-refractivity contribution in [2.24, 2.45) is 0 Å². The lowest BCUT2D eigenvalue weighted by molar-refractivity contribution is -0.117. The van der Waals surface area contributed by atoms with Gasteiger partial charge >= 0.3 is 0 Å². The molecule has 2 N–H and O–H groups in total. The average molecular weight is 344 g/mol. The molecule has 2 aromatic rings. The molecule has 1 amide bonds. The summed E-state index contributed by atoms with van der Waals surface area (Å²) in [7, 11) is 0. The Morgan fingerprint density at radius 1 is 1.00 bits per heavy atom. The average Bonchev–Trinajstić information content (AvgIpc) is 2.88. The van der Waals surface area contributed by atoms with Crippen molar-refractivity contribution in [3.63, 3.8) is 0 Å². The van der Waals surface area contributed by atoms with E-state index in [1.165, 1.54) is 16.8 Å². The minimum Gasteiger partial charge on any atom is -0.358 e. The van der Waals surface area contributed by atoms with Crippen LogP contribution in [0.5, 0.6) is 0 Å². The Balaban J connectivity index is 0.00000169. The molecule has 0 radical (unpaired) electrons. The molecule has 2 aliphatic heterocycles. The smallest absolute Gasteiger partial charge is 0.247 e. The van der Waals surface area contributed by atoms with Crippen molar-refractivity contribution in [1.82, 2.24) is 5.32 Å². The van der Waals surface area contributed by atoms with E-state index in [0.29, 0.717) is 0 Å². The van der Waals surface area contributed by atoms with E-state index in [1.807, 2.05) is 18.2 Å². The van der Waals surface area contributed by atoms with Gasteiger partial charge in [-0.15, -0.1) is 12.4 Å². The second-order valence-corrected chi connectivity index (χ2v) is 6.20. The lowest BCUT2D eigenvalue weighted by Crippen LogP contribution is -2.45. The lowest BCUT2D eigenvalue weighted by atomic mass is 10.0. The van der Waals surface area contributed by atoms with Crippen molar-refractivity contribution in [3.05, 3.63) is 59.7 Å². The van der Waals surface area contributed by atoms with Gasteiger partial charge in [-0.1, -0.05) is 36.4 Å². The molecule has 5 heteroatoms. The number of halogens is 1. The van der Waals surface area contributed by atoms with Crippen molar-refractivity contribution >= 4 is 29.7 Å². The van der Waals surface area contributed by atoms with E-state index in [2.05, 4.69) is 45.9 Å². The summed E-state index contributed by atoms with van der Waals surface area (Å²) in [6.07, 6.45) is 1.77. The number of fused-ring (bicyclic) bond motifs is 2. The predicted molar refractivity (Wildman–Crippen MR) is 99.9 cm³/mol. The van der Waals surface area contributed by atoms with E-state index in [1.54, 1.807) is 0 Å². The van der Waals surface area contributed by atoms with Crippen molar-refractivity contribution in [1.29, 1.82) is 0 Å². The molecule has 4 rings (SSSR count). The Bertz CT molecular complexity index is 734. The number of carbonyl (C=O) groups excluding carboxylic acids is 1. The van der Waals surface area contributed by atoms with Gasteiger partial charge in [-0.05, 0) is 36.1 Å². The number of carbonyl (C=O) groups is 1. The third kappa shape index (κ3) is 3.12. The monoisotopic (exact) mass is 343 g/mol. The summed E-state index contributed by atoms with van der Waals surface area (Å²) < 4.78 is 0. The molecule has 126 valence electrons. The number of anilines is 2. The van der Waals surface area contributed by atoms with Crippen LogP contribution in [0.15, 0.2) is 48.5 Å². The van der Waals surface area contributed by atoms with E-state index in [-0.39, 0.29) is 24.4 Å². The predicted octanol–water partition coefficient (Wildman–Crippen LogP) is 2.97. The van der Waals surface area contributed by atoms with Gasteiger partial charge < -0.3 is 15.5 Å². The Kier molecular flexibility index (Phi) is 5.07. The van der Waals surface area contributed by atoms with Crippen molar-refractivity contribution in [3.8, 4) is 0 Å². The van der Waals surface area contributed by atoms with Gasteiger partial charge in [0.25, 0.3) is 0 Å². The topological polar surface area (TPSA) is 44.4 Å². The number of nitrogens with one attached hydrogen (secondary N) is 2. The fourth-order valence-electron chi connectivity index (χ4n) is 3.60. The SMILES string of the molecule is Cl.O=C1Nc2ccccc2CCC1N1CCNCc2ccccc21. The second kappa shape index (κ2) is 7.24. The number of nitrogens with zero attached hydrogens (tertiary/aromatic N) is 1. The maximum Gasteiger partial charge on any atom is 0.247 e. The molecule has 0 aromatic heterocycles. The Morgan fingerprint density at radius 3 is 2.62 bits per heavy atom. The standard InChI is InChI=1S/C19H21N3O.ClH/c23-19-18(10-9-14-5-1-3-7-16(14)21-19)22-12-11-20-13-15-6-2-4-8-17(15)22;/h1-8,18,20H,9-13H2,(H,21,23);1H. The lowest BCUT2D eigenvalue weighted by Gasteiger charge is -2.31. The zero-order valence-corrected chi connectivity index (χ0v) is 14.3. The van der Waals surface area contributed by atoms with Crippen LogP contribution in [0.3, 0.4) is 0 Å². The Hall–Kier alpha value is -2.04. The first-order chi connectivity index (χ1) is 11.3. The van der Waals surface area contributed by atoms with E-state index in [0.717, 1.165) is 38.2 Å². The van der Waals surface area contributed by atoms with Crippen LogP contribution in [0.1, 0.15) is 17.5 Å². The Labute approximate surface area is 148 Å². The number of para-hydroxylation sites is 2. The van der Waals surface area contributed by atoms with Gasteiger partial charge in [-0.3, -0.25) is 4.79 Å². The van der Waals surface area contributed by atoms with E-state index in [9.17, 15) is 4.79 Å². The summed E-state index contributed by atoms with van der Waals surface area (Å²) in [5.74, 6) is 0.103. The molecular weight excluding hydrogens is 322 g/mol. The third-order valence-electron chi connectivity index (χ3n) is 4.79. The minimum atomic E-state index is -0.122. The highest BCUT2D eigenvalue weighted by Crippen LogP contribution is 2.29. The first kappa shape index (κ1) is 16.8. The van der Waals surface area contributed by atoms with Gasteiger partial charge in [-0.2, -0.15) is 0 Å². The fraction of sp³-hybridized carbons (Fsp3) is 0.316. The summed E-state index contributed by atoms with van der Waals surface area (Å²) in [5.41, 5.74) is 4.63. The van der Waals surface area contributed by atoms with E-state index >= 15 is 0 Å². The first-order valence-corrected chi connectivity index (χ1v) is 8.27.